The fourth-order valence-electron chi connectivity index (χ4n) is 3.83. The van der Waals surface area contributed by atoms with Crippen LogP contribution in [0.15, 0.2) is 120 Å². The van der Waals surface area contributed by atoms with Crippen LogP contribution in [0.5, 0.6) is 11.6 Å². The number of ether oxygens (including phenoxy) is 1. The molecule has 0 aliphatic heterocycles. The van der Waals surface area contributed by atoms with Crippen LogP contribution in [0.3, 0.4) is 0 Å². The van der Waals surface area contributed by atoms with Crippen LogP contribution in [0, 0.1) is 0 Å². The normalized spacial score (nSPS) is 10.9. The van der Waals surface area contributed by atoms with E-state index in [2.05, 4.69) is 20.2 Å². The fourth-order valence-corrected chi connectivity index (χ4v) is 3.83. The summed E-state index contributed by atoms with van der Waals surface area (Å²) in [7, 11) is 0. The van der Waals surface area contributed by atoms with Crippen LogP contribution in [0.2, 0.25) is 0 Å². The molecular weight excluding hydrogens is 436 g/mol. The van der Waals surface area contributed by atoms with Crippen molar-refractivity contribution < 1.29 is 9.15 Å². The lowest BCUT2D eigenvalue weighted by molar-refractivity contribution is 0.463. The molecule has 35 heavy (non-hydrogen) atoms. The molecule has 0 amide bonds. The van der Waals surface area contributed by atoms with Crippen LogP contribution in [-0.4, -0.2) is 20.2 Å². The Morgan fingerprint density at radius 1 is 0.657 bits per heavy atom. The van der Waals surface area contributed by atoms with Crippen molar-refractivity contribution in [1.29, 1.82) is 0 Å². The van der Waals surface area contributed by atoms with Crippen molar-refractivity contribution in [3.63, 3.8) is 0 Å². The Labute approximate surface area is 201 Å². The van der Waals surface area contributed by atoms with Gasteiger partial charge in [-0.2, -0.15) is 5.10 Å². The van der Waals surface area contributed by atoms with Gasteiger partial charge < -0.3 is 9.15 Å². The standard InChI is InChI=1S/C29H20N4O2/c1-3-9-20(10-4-1)25-18-26(33-32-25)22-15-23(17-24(16-22)34-28-13-7-8-14-30-28)27-19-31-29(35-27)21-11-5-2-6-12-21/h1-19H,(H,32,33). The van der Waals surface area contributed by atoms with Gasteiger partial charge in [-0.3, -0.25) is 5.10 Å². The molecule has 0 bridgehead atoms. The van der Waals surface area contributed by atoms with Crippen molar-refractivity contribution in [3.05, 3.63) is 116 Å². The Morgan fingerprint density at radius 2 is 1.40 bits per heavy atom. The molecule has 6 nitrogen and oxygen atoms in total. The molecule has 6 heteroatoms. The first-order valence-electron chi connectivity index (χ1n) is 11.2. The molecule has 0 saturated heterocycles. The van der Waals surface area contributed by atoms with Gasteiger partial charge in [0.25, 0.3) is 0 Å². The number of hydrogen-bond acceptors (Lipinski definition) is 5. The van der Waals surface area contributed by atoms with Gasteiger partial charge in [-0.1, -0.05) is 54.6 Å². The molecule has 3 aromatic carbocycles. The summed E-state index contributed by atoms with van der Waals surface area (Å²) in [5, 5.41) is 7.69. The largest absolute Gasteiger partial charge is 0.439 e. The maximum atomic E-state index is 6.12. The molecule has 0 aliphatic carbocycles. The molecule has 0 fully saturated rings. The van der Waals surface area contributed by atoms with Gasteiger partial charge in [0.05, 0.1) is 17.6 Å². The van der Waals surface area contributed by atoms with Gasteiger partial charge in [-0.15, -0.1) is 0 Å². The summed E-state index contributed by atoms with van der Waals surface area (Å²) < 4.78 is 12.2. The maximum absolute atomic E-state index is 6.12. The summed E-state index contributed by atoms with van der Waals surface area (Å²) in [6.45, 7) is 0. The zero-order valence-corrected chi connectivity index (χ0v) is 18.6. The van der Waals surface area contributed by atoms with E-state index in [0.29, 0.717) is 23.3 Å². The molecule has 6 aromatic rings. The Kier molecular flexibility index (Phi) is 5.37. The van der Waals surface area contributed by atoms with Gasteiger partial charge in [-0.05, 0) is 48.0 Å². The van der Waals surface area contributed by atoms with Gasteiger partial charge in [0.2, 0.25) is 11.8 Å². The quantitative estimate of drug-likeness (QED) is 0.286. The number of aromatic nitrogens is 4. The van der Waals surface area contributed by atoms with Crippen molar-refractivity contribution in [2.45, 2.75) is 0 Å². The summed E-state index contributed by atoms with van der Waals surface area (Å²) in [5.74, 6) is 2.32. The molecule has 3 heterocycles. The lowest BCUT2D eigenvalue weighted by Crippen LogP contribution is -1.89. The number of rotatable bonds is 6. The van der Waals surface area contributed by atoms with E-state index in [1.54, 1.807) is 12.4 Å². The van der Waals surface area contributed by atoms with E-state index < -0.39 is 0 Å². The number of hydrogen-bond donors (Lipinski definition) is 1. The highest BCUT2D eigenvalue weighted by Gasteiger charge is 2.14. The fraction of sp³-hybridized carbons (Fsp3) is 0. The number of nitrogens with one attached hydrogen (secondary N) is 1. The molecule has 168 valence electrons. The highest BCUT2D eigenvalue weighted by molar-refractivity contribution is 5.74. The van der Waals surface area contributed by atoms with E-state index in [1.807, 2.05) is 103 Å². The molecule has 1 N–H and O–H groups in total. The number of oxazole rings is 1. The zero-order valence-electron chi connectivity index (χ0n) is 18.6. The average molecular weight is 457 g/mol. The number of nitrogens with zero attached hydrogens (tertiary/aromatic N) is 3. The second-order valence-corrected chi connectivity index (χ2v) is 7.94. The Balaban J connectivity index is 1.41. The Hall–Kier alpha value is -4.97. The zero-order chi connectivity index (χ0) is 23.5. The van der Waals surface area contributed by atoms with Crippen LogP contribution < -0.4 is 4.74 Å². The van der Waals surface area contributed by atoms with Crippen LogP contribution >= 0.6 is 0 Å². The first kappa shape index (κ1) is 20.6. The van der Waals surface area contributed by atoms with Crippen molar-refractivity contribution >= 4 is 0 Å². The van der Waals surface area contributed by atoms with E-state index >= 15 is 0 Å². The van der Waals surface area contributed by atoms with E-state index in [1.165, 1.54) is 0 Å². The van der Waals surface area contributed by atoms with Crippen molar-refractivity contribution in [3.8, 4) is 56.9 Å². The van der Waals surface area contributed by atoms with E-state index in [4.69, 9.17) is 9.15 Å². The van der Waals surface area contributed by atoms with E-state index in [0.717, 1.165) is 33.6 Å². The second kappa shape index (κ2) is 9.11. The van der Waals surface area contributed by atoms with Crippen molar-refractivity contribution in [2.24, 2.45) is 0 Å². The minimum absolute atomic E-state index is 0.505. The van der Waals surface area contributed by atoms with Crippen molar-refractivity contribution in [2.75, 3.05) is 0 Å². The number of aromatic amines is 1. The number of pyridine rings is 1. The lowest BCUT2D eigenvalue weighted by Gasteiger charge is -2.08. The molecule has 0 spiro atoms. The summed E-state index contributed by atoms with van der Waals surface area (Å²) in [6, 6.07) is 33.4. The monoisotopic (exact) mass is 456 g/mol. The van der Waals surface area contributed by atoms with Gasteiger partial charge in [0.1, 0.15) is 5.75 Å². The first-order chi connectivity index (χ1) is 17.3. The Bertz CT molecular complexity index is 1460. The smallest absolute Gasteiger partial charge is 0.226 e. The molecule has 0 radical (unpaired) electrons. The molecular formula is C29H20N4O2. The summed E-state index contributed by atoms with van der Waals surface area (Å²) in [6.07, 6.45) is 3.43. The van der Waals surface area contributed by atoms with Gasteiger partial charge in [0, 0.05) is 29.0 Å². The number of benzene rings is 3. The maximum Gasteiger partial charge on any atom is 0.226 e. The second-order valence-electron chi connectivity index (χ2n) is 7.94. The van der Waals surface area contributed by atoms with Crippen LogP contribution in [0.25, 0.3) is 45.3 Å². The first-order valence-corrected chi connectivity index (χ1v) is 11.2. The molecule has 0 saturated carbocycles. The van der Waals surface area contributed by atoms with Crippen LogP contribution in [-0.2, 0) is 0 Å². The molecule has 0 unspecified atom stereocenters. The average Bonchev–Trinajstić information content (AvgIpc) is 3.61. The topological polar surface area (TPSA) is 76.8 Å². The third-order valence-electron chi connectivity index (χ3n) is 5.54. The summed E-state index contributed by atoms with van der Waals surface area (Å²) in [4.78, 5) is 8.77. The molecule has 6 rings (SSSR count). The van der Waals surface area contributed by atoms with Crippen LogP contribution in [0.4, 0.5) is 0 Å². The lowest BCUT2D eigenvalue weighted by atomic mass is 10.0. The SMILES string of the molecule is c1ccc(-c2cc(-c3cc(Oc4ccccn4)cc(-c4cnc(-c5ccccc5)o4)c3)n[nH]2)cc1. The number of H-pyrrole nitrogens is 1. The highest BCUT2D eigenvalue weighted by Crippen LogP contribution is 2.35. The molecule has 0 aliphatic rings. The molecule has 3 aromatic heterocycles. The van der Waals surface area contributed by atoms with Crippen molar-refractivity contribution in [1.82, 2.24) is 20.2 Å². The third kappa shape index (κ3) is 4.45. The summed E-state index contributed by atoms with van der Waals surface area (Å²) >= 11 is 0. The van der Waals surface area contributed by atoms with E-state index in [-0.39, 0.29) is 0 Å². The summed E-state index contributed by atoms with van der Waals surface area (Å²) in [5.41, 5.74) is 5.41. The minimum Gasteiger partial charge on any atom is -0.439 e. The third-order valence-corrected chi connectivity index (χ3v) is 5.54. The van der Waals surface area contributed by atoms with Gasteiger partial charge in [-0.25, -0.2) is 9.97 Å². The van der Waals surface area contributed by atoms with Gasteiger partial charge in [0.15, 0.2) is 5.76 Å². The minimum atomic E-state index is 0.505. The predicted molar refractivity (Wildman–Crippen MR) is 135 cm³/mol. The molecule has 0 atom stereocenters. The highest BCUT2D eigenvalue weighted by atomic mass is 16.5. The van der Waals surface area contributed by atoms with E-state index in [9.17, 15) is 0 Å². The Morgan fingerprint density at radius 3 is 2.17 bits per heavy atom. The van der Waals surface area contributed by atoms with Crippen LogP contribution in [0.1, 0.15) is 0 Å². The van der Waals surface area contributed by atoms with Gasteiger partial charge >= 0.3 is 0 Å². The predicted octanol–water partition coefficient (Wildman–Crippen LogP) is 7.25.